The number of nitrogens with zero attached hydrogens (tertiary/aromatic N) is 3. The number of aryl methyl sites for hydroxylation is 1. The van der Waals surface area contributed by atoms with Crippen LogP contribution < -0.4 is 0 Å². The van der Waals surface area contributed by atoms with Crippen LogP contribution in [0, 0.1) is 5.92 Å². The van der Waals surface area contributed by atoms with Crippen LogP contribution >= 0.6 is 0 Å². The van der Waals surface area contributed by atoms with E-state index in [9.17, 15) is 8.42 Å². The molecule has 0 saturated carbocycles. The van der Waals surface area contributed by atoms with Gasteiger partial charge in [0.1, 0.15) is 4.90 Å². The fraction of sp³-hybridized carbons (Fsp3) is 0.727. The smallest absolute Gasteiger partial charge is 0.246 e. The van der Waals surface area contributed by atoms with Crippen molar-refractivity contribution in [1.82, 2.24) is 14.1 Å². The molecule has 1 aromatic heterocycles. The molecule has 0 amide bonds. The monoisotopic (exact) mass is 257 g/mol. The summed E-state index contributed by atoms with van der Waals surface area (Å²) in [5.41, 5.74) is 0. The lowest BCUT2D eigenvalue weighted by Gasteiger charge is -2.29. The van der Waals surface area contributed by atoms with Crippen molar-refractivity contribution < 1.29 is 8.42 Å². The van der Waals surface area contributed by atoms with Crippen molar-refractivity contribution in [3.05, 3.63) is 12.4 Å². The van der Waals surface area contributed by atoms with Gasteiger partial charge in [0, 0.05) is 25.8 Å². The highest BCUT2D eigenvalue weighted by Gasteiger charge is 2.29. The van der Waals surface area contributed by atoms with Crippen molar-refractivity contribution >= 4 is 10.0 Å². The topological polar surface area (TPSA) is 55.2 Å². The summed E-state index contributed by atoms with van der Waals surface area (Å²) >= 11 is 0. The first kappa shape index (κ1) is 12.6. The molecule has 1 aliphatic heterocycles. The molecule has 1 aliphatic rings. The molecule has 0 aromatic carbocycles. The third-order valence-electron chi connectivity index (χ3n) is 3.19. The van der Waals surface area contributed by atoms with Crippen LogP contribution in [0.4, 0.5) is 0 Å². The maximum atomic E-state index is 12.3. The first-order valence-electron chi connectivity index (χ1n) is 6.06. The summed E-state index contributed by atoms with van der Waals surface area (Å²) in [5, 5.41) is 4.03. The first-order valence-corrected chi connectivity index (χ1v) is 7.50. The first-order chi connectivity index (χ1) is 8.04. The number of hydrogen-bond donors (Lipinski definition) is 0. The van der Waals surface area contributed by atoms with Gasteiger partial charge in [0.15, 0.2) is 0 Å². The van der Waals surface area contributed by atoms with E-state index in [-0.39, 0.29) is 0 Å². The van der Waals surface area contributed by atoms with Crippen LogP contribution in [-0.4, -0.2) is 35.6 Å². The highest BCUT2D eigenvalue weighted by atomic mass is 32.2. The molecule has 2 rings (SSSR count). The Bertz CT molecular complexity index is 481. The van der Waals surface area contributed by atoms with Crippen LogP contribution in [0.2, 0.25) is 0 Å². The van der Waals surface area contributed by atoms with Gasteiger partial charge < -0.3 is 0 Å². The third kappa shape index (κ3) is 2.52. The summed E-state index contributed by atoms with van der Waals surface area (Å²) in [6.45, 7) is 5.97. The molecule has 0 bridgehead atoms. The molecule has 0 aliphatic carbocycles. The van der Waals surface area contributed by atoms with Gasteiger partial charge in [-0.15, -0.1) is 0 Å². The van der Waals surface area contributed by atoms with Crippen LogP contribution in [0.15, 0.2) is 17.3 Å². The van der Waals surface area contributed by atoms with Gasteiger partial charge >= 0.3 is 0 Å². The molecule has 1 unspecified atom stereocenters. The Balaban J connectivity index is 2.23. The predicted molar refractivity (Wildman–Crippen MR) is 65.1 cm³/mol. The Kier molecular flexibility index (Phi) is 3.53. The quantitative estimate of drug-likeness (QED) is 0.820. The molecule has 96 valence electrons. The van der Waals surface area contributed by atoms with Crippen LogP contribution in [-0.2, 0) is 16.6 Å². The summed E-state index contributed by atoms with van der Waals surface area (Å²) in [7, 11) is -3.33. The minimum Gasteiger partial charge on any atom is -0.272 e. The van der Waals surface area contributed by atoms with Gasteiger partial charge in [-0.05, 0) is 25.7 Å². The molecule has 1 fully saturated rings. The molecule has 5 nitrogen and oxygen atoms in total. The van der Waals surface area contributed by atoms with Gasteiger partial charge in [-0.1, -0.05) is 6.92 Å². The fourth-order valence-corrected chi connectivity index (χ4v) is 3.72. The van der Waals surface area contributed by atoms with E-state index in [1.54, 1.807) is 15.2 Å². The SMILES string of the molecule is CCn1cc(S(=O)(=O)N2CCCC(C)C2)cn1. The maximum Gasteiger partial charge on any atom is 0.246 e. The molecule has 17 heavy (non-hydrogen) atoms. The Morgan fingerprint density at radius 2 is 2.29 bits per heavy atom. The van der Waals surface area contributed by atoms with E-state index in [2.05, 4.69) is 12.0 Å². The summed E-state index contributed by atoms with van der Waals surface area (Å²) in [4.78, 5) is 0.313. The number of rotatable bonds is 3. The lowest BCUT2D eigenvalue weighted by Crippen LogP contribution is -2.38. The summed E-state index contributed by atoms with van der Waals surface area (Å²) in [5.74, 6) is 0.444. The number of piperidine rings is 1. The number of hydrogen-bond acceptors (Lipinski definition) is 3. The van der Waals surface area contributed by atoms with Crippen LogP contribution in [0.3, 0.4) is 0 Å². The fourth-order valence-electron chi connectivity index (χ4n) is 2.16. The van der Waals surface area contributed by atoms with Crippen LogP contribution in [0.25, 0.3) is 0 Å². The van der Waals surface area contributed by atoms with Gasteiger partial charge in [0.05, 0.1) is 6.20 Å². The van der Waals surface area contributed by atoms with E-state index in [4.69, 9.17) is 0 Å². The molecule has 1 aromatic rings. The molecular weight excluding hydrogens is 238 g/mol. The number of sulfonamides is 1. The average Bonchev–Trinajstić information content (AvgIpc) is 2.78. The Labute approximate surface area is 102 Å². The normalized spacial score (nSPS) is 22.8. The molecule has 6 heteroatoms. The molecule has 0 N–H and O–H groups in total. The van der Waals surface area contributed by atoms with Crippen molar-refractivity contribution in [2.75, 3.05) is 13.1 Å². The summed E-state index contributed by atoms with van der Waals surface area (Å²) in [6.07, 6.45) is 5.11. The van der Waals surface area contributed by atoms with Crippen molar-refractivity contribution in [2.24, 2.45) is 5.92 Å². The van der Waals surface area contributed by atoms with Crippen molar-refractivity contribution in [2.45, 2.75) is 38.1 Å². The molecule has 0 spiro atoms. The summed E-state index contributed by atoms with van der Waals surface area (Å²) < 4.78 is 27.9. The highest BCUT2D eigenvalue weighted by Crippen LogP contribution is 2.22. The molecule has 1 saturated heterocycles. The van der Waals surface area contributed by atoms with Crippen LogP contribution in [0.1, 0.15) is 26.7 Å². The number of aromatic nitrogens is 2. The third-order valence-corrected chi connectivity index (χ3v) is 5.01. The lowest BCUT2D eigenvalue weighted by molar-refractivity contribution is 0.281. The van der Waals surface area contributed by atoms with E-state index in [1.165, 1.54) is 6.20 Å². The maximum absolute atomic E-state index is 12.3. The second-order valence-electron chi connectivity index (χ2n) is 4.64. The largest absolute Gasteiger partial charge is 0.272 e. The second-order valence-corrected chi connectivity index (χ2v) is 6.58. The van der Waals surface area contributed by atoms with E-state index < -0.39 is 10.0 Å². The van der Waals surface area contributed by atoms with E-state index in [1.807, 2.05) is 6.92 Å². The Morgan fingerprint density at radius 3 is 2.88 bits per heavy atom. The standard InChI is InChI=1S/C11H19N3O2S/c1-3-13-9-11(7-12-13)17(15,16)14-6-4-5-10(2)8-14/h7,9-10H,3-6,8H2,1-2H3. The molecule has 0 radical (unpaired) electrons. The van der Waals surface area contributed by atoms with Crippen molar-refractivity contribution in [3.8, 4) is 0 Å². The molecular formula is C11H19N3O2S. The lowest BCUT2D eigenvalue weighted by atomic mass is 10.0. The van der Waals surface area contributed by atoms with Crippen molar-refractivity contribution in [3.63, 3.8) is 0 Å². The van der Waals surface area contributed by atoms with Gasteiger partial charge in [-0.3, -0.25) is 4.68 Å². The minimum atomic E-state index is -3.33. The molecule has 1 atom stereocenters. The zero-order valence-electron chi connectivity index (χ0n) is 10.3. The summed E-state index contributed by atoms with van der Waals surface area (Å²) in [6, 6.07) is 0. The minimum absolute atomic E-state index is 0.313. The van der Waals surface area contributed by atoms with Gasteiger partial charge in [0.25, 0.3) is 0 Å². The molecule has 2 heterocycles. The van der Waals surface area contributed by atoms with E-state index in [0.29, 0.717) is 30.4 Å². The highest BCUT2D eigenvalue weighted by molar-refractivity contribution is 7.89. The Hall–Kier alpha value is -0.880. The zero-order valence-corrected chi connectivity index (χ0v) is 11.2. The van der Waals surface area contributed by atoms with Gasteiger partial charge in [0.2, 0.25) is 10.0 Å². The van der Waals surface area contributed by atoms with Crippen molar-refractivity contribution in [1.29, 1.82) is 0 Å². The van der Waals surface area contributed by atoms with Crippen LogP contribution in [0.5, 0.6) is 0 Å². The van der Waals surface area contributed by atoms with E-state index >= 15 is 0 Å². The second kappa shape index (κ2) is 4.78. The van der Waals surface area contributed by atoms with E-state index in [0.717, 1.165) is 12.8 Å². The average molecular weight is 257 g/mol. The zero-order chi connectivity index (χ0) is 12.5. The Morgan fingerprint density at radius 1 is 1.53 bits per heavy atom. The predicted octanol–water partition coefficient (Wildman–Crippen LogP) is 1.32. The van der Waals surface area contributed by atoms with Gasteiger partial charge in [-0.25, -0.2) is 8.42 Å². The van der Waals surface area contributed by atoms with Gasteiger partial charge in [-0.2, -0.15) is 9.40 Å².